The number of ether oxygens (including phenoxy) is 1. The molecule has 1 amide bonds. The minimum atomic E-state index is -0.140. The molecule has 6 heteroatoms. The Morgan fingerprint density at radius 1 is 1.04 bits per heavy atom. The molecule has 6 nitrogen and oxygen atoms in total. The van der Waals surface area contributed by atoms with Crippen LogP contribution in [0.5, 0.6) is 5.75 Å². The van der Waals surface area contributed by atoms with Gasteiger partial charge in [-0.15, -0.1) is 0 Å². The van der Waals surface area contributed by atoms with Crippen LogP contribution in [0.1, 0.15) is 29.9 Å². The highest BCUT2D eigenvalue weighted by Gasteiger charge is 2.23. The standard InChI is InChI=1S/C21H27N3O3/c1-15(2)22-11-13-23(14-12-22)21(26)17-5-7-18(8-6-17)24-10-9-19(25)20(27-4)16(24)3/h5-10,15H,11-14H2,1-4H3. The summed E-state index contributed by atoms with van der Waals surface area (Å²) in [6, 6.07) is 9.48. The highest BCUT2D eigenvalue weighted by Crippen LogP contribution is 2.18. The summed E-state index contributed by atoms with van der Waals surface area (Å²) in [6.07, 6.45) is 1.72. The van der Waals surface area contributed by atoms with Crippen LogP contribution in [0.4, 0.5) is 0 Å². The molecule has 1 aliphatic rings. The summed E-state index contributed by atoms with van der Waals surface area (Å²) in [5.74, 6) is 0.403. The van der Waals surface area contributed by atoms with Gasteiger partial charge in [0.25, 0.3) is 5.91 Å². The van der Waals surface area contributed by atoms with Crippen molar-refractivity contribution in [2.75, 3.05) is 33.3 Å². The van der Waals surface area contributed by atoms with Gasteiger partial charge >= 0.3 is 0 Å². The number of pyridine rings is 1. The number of carbonyl (C=O) groups is 1. The second-order valence-electron chi connectivity index (χ2n) is 7.14. The van der Waals surface area contributed by atoms with Crippen molar-refractivity contribution in [2.45, 2.75) is 26.8 Å². The first-order valence-electron chi connectivity index (χ1n) is 9.32. The molecule has 0 atom stereocenters. The lowest BCUT2D eigenvalue weighted by molar-refractivity contribution is 0.0595. The third-order valence-corrected chi connectivity index (χ3v) is 5.22. The van der Waals surface area contributed by atoms with E-state index in [1.165, 1.54) is 13.2 Å². The number of benzene rings is 1. The van der Waals surface area contributed by atoms with E-state index in [4.69, 9.17) is 4.74 Å². The van der Waals surface area contributed by atoms with Gasteiger partial charge in [-0.2, -0.15) is 0 Å². The topological polar surface area (TPSA) is 54.8 Å². The van der Waals surface area contributed by atoms with E-state index in [0.717, 1.165) is 37.6 Å². The molecule has 0 radical (unpaired) electrons. The van der Waals surface area contributed by atoms with Crippen molar-refractivity contribution < 1.29 is 9.53 Å². The molecular formula is C21H27N3O3. The van der Waals surface area contributed by atoms with E-state index in [1.807, 2.05) is 40.7 Å². The van der Waals surface area contributed by atoms with Crippen LogP contribution in [0.15, 0.2) is 41.3 Å². The molecular weight excluding hydrogens is 342 g/mol. The molecule has 0 bridgehead atoms. The predicted molar refractivity (Wildman–Crippen MR) is 106 cm³/mol. The Balaban J connectivity index is 1.76. The van der Waals surface area contributed by atoms with E-state index < -0.39 is 0 Å². The van der Waals surface area contributed by atoms with E-state index >= 15 is 0 Å². The van der Waals surface area contributed by atoms with Gasteiger partial charge in [-0.25, -0.2) is 0 Å². The molecule has 1 aromatic heterocycles. The smallest absolute Gasteiger partial charge is 0.253 e. The molecule has 0 aliphatic carbocycles. The van der Waals surface area contributed by atoms with Gasteiger partial charge in [-0.1, -0.05) is 0 Å². The number of piperazine rings is 1. The first-order chi connectivity index (χ1) is 12.9. The quantitative estimate of drug-likeness (QED) is 0.830. The molecule has 3 rings (SSSR count). The van der Waals surface area contributed by atoms with Gasteiger partial charge in [0, 0.05) is 55.7 Å². The largest absolute Gasteiger partial charge is 0.491 e. The second-order valence-corrected chi connectivity index (χ2v) is 7.14. The maximum absolute atomic E-state index is 12.8. The number of hydrogen-bond acceptors (Lipinski definition) is 4. The Morgan fingerprint density at radius 3 is 2.22 bits per heavy atom. The lowest BCUT2D eigenvalue weighted by Gasteiger charge is -2.37. The van der Waals surface area contributed by atoms with Crippen LogP contribution < -0.4 is 10.2 Å². The monoisotopic (exact) mass is 369 g/mol. The van der Waals surface area contributed by atoms with Gasteiger partial charge in [0.2, 0.25) is 5.43 Å². The molecule has 2 aromatic rings. The van der Waals surface area contributed by atoms with Crippen LogP contribution >= 0.6 is 0 Å². The average Bonchev–Trinajstić information content (AvgIpc) is 2.68. The van der Waals surface area contributed by atoms with Gasteiger partial charge in [0.1, 0.15) is 0 Å². The summed E-state index contributed by atoms with van der Waals surface area (Å²) in [5.41, 5.74) is 2.15. The maximum atomic E-state index is 12.8. The Labute approximate surface area is 160 Å². The summed E-state index contributed by atoms with van der Waals surface area (Å²) in [6.45, 7) is 9.56. The SMILES string of the molecule is COc1c(C)n(-c2ccc(C(=O)N3CCN(C(C)C)CC3)cc2)ccc1=O. The number of amides is 1. The maximum Gasteiger partial charge on any atom is 0.253 e. The van der Waals surface area contributed by atoms with Crippen LogP contribution in [0, 0.1) is 6.92 Å². The van der Waals surface area contributed by atoms with Gasteiger partial charge in [-0.3, -0.25) is 14.5 Å². The van der Waals surface area contributed by atoms with Crippen LogP contribution in [0.2, 0.25) is 0 Å². The number of aromatic nitrogens is 1. The first-order valence-corrected chi connectivity index (χ1v) is 9.32. The van der Waals surface area contributed by atoms with Crippen LogP contribution in [-0.2, 0) is 0 Å². The van der Waals surface area contributed by atoms with E-state index in [1.54, 1.807) is 6.20 Å². The minimum Gasteiger partial charge on any atom is -0.491 e. The summed E-state index contributed by atoms with van der Waals surface area (Å²) in [7, 11) is 1.49. The molecule has 0 unspecified atom stereocenters. The highest BCUT2D eigenvalue weighted by atomic mass is 16.5. The van der Waals surface area contributed by atoms with Gasteiger partial charge < -0.3 is 14.2 Å². The Kier molecular flexibility index (Phi) is 5.65. The molecule has 1 aromatic carbocycles. The number of nitrogens with zero attached hydrogens (tertiary/aromatic N) is 3. The number of carbonyl (C=O) groups excluding carboxylic acids is 1. The molecule has 27 heavy (non-hydrogen) atoms. The van der Waals surface area contributed by atoms with E-state index in [9.17, 15) is 9.59 Å². The zero-order chi connectivity index (χ0) is 19.6. The van der Waals surface area contributed by atoms with Crippen molar-refractivity contribution in [1.82, 2.24) is 14.4 Å². The number of hydrogen-bond donors (Lipinski definition) is 0. The van der Waals surface area contributed by atoms with E-state index in [2.05, 4.69) is 18.7 Å². The Morgan fingerprint density at radius 2 is 1.67 bits per heavy atom. The van der Waals surface area contributed by atoms with Gasteiger partial charge in [0.05, 0.1) is 12.8 Å². The third kappa shape index (κ3) is 3.90. The van der Waals surface area contributed by atoms with Crippen molar-refractivity contribution in [3.8, 4) is 11.4 Å². The Bertz CT molecular complexity index is 863. The summed E-state index contributed by atoms with van der Waals surface area (Å²) < 4.78 is 7.09. The lowest BCUT2D eigenvalue weighted by Crippen LogP contribution is -2.50. The molecule has 2 heterocycles. The van der Waals surface area contributed by atoms with Gasteiger partial charge in [0.15, 0.2) is 5.75 Å². The predicted octanol–water partition coefficient (Wildman–Crippen LogP) is 2.32. The fourth-order valence-electron chi connectivity index (χ4n) is 3.53. The zero-order valence-electron chi connectivity index (χ0n) is 16.4. The van der Waals surface area contributed by atoms with Crippen LogP contribution in [0.25, 0.3) is 5.69 Å². The molecule has 1 aliphatic heterocycles. The molecule has 1 fully saturated rings. The lowest BCUT2D eigenvalue weighted by atomic mass is 10.1. The summed E-state index contributed by atoms with van der Waals surface area (Å²) in [5, 5.41) is 0. The van der Waals surface area contributed by atoms with Crippen molar-refractivity contribution >= 4 is 5.91 Å². The van der Waals surface area contributed by atoms with Crippen LogP contribution in [0.3, 0.4) is 0 Å². The van der Waals surface area contributed by atoms with E-state index in [-0.39, 0.29) is 11.3 Å². The van der Waals surface area contributed by atoms with Crippen molar-refractivity contribution in [3.05, 3.63) is 58.0 Å². The molecule has 0 spiro atoms. The highest BCUT2D eigenvalue weighted by molar-refractivity contribution is 5.94. The normalized spacial score (nSPS) is 15.2. The van der Waals surface area contributed by atoms with Crippen molar-refractivity contribution in [3.63, 3.8) is 0 Å². The minimum absolute atomic E-state index is 0.0687. The fourth-order valence-corrected chi connectivity index (χ4v) is 3.53. The number of methoxy groups -OCH3 is 1. The van der Waals surface area contributed by atoms with E-state index in [0.29, 0.717) is 17.4 Å². The summed E-state index contributed by atoms with van der Waals surface area (Å²) >= 11 is 0. The molecule has 0 saturated carbocycles. The van der Waals surface area contributed by atoms with Gasteiger partial charge in [-0.05, 0) is 45.0 Å². The second kappa shape index (κ2) is 7.96. The third-order valence-electron chi connectivity index (χ3n) is 5.22. The molecule has 144 valence electrons. The zero-order valence-corrected chi connectivity index (χ0v) is 16.4. The van der Waals surface area contributed by atoms with Crippen molar-refractivity contribution in [1.29, 1.82) is 0 Å². The number of rotatable bonds is 4. The Hall–Kier alpha value is -2.60. The molecule has 1 saturated heterocycles. The summed E-state index contributed by atoms with van der Waals surface area (Å²) in [4.78, 5) is 28.9. The fraction of sp³-hybridized carbons (Fsp3) is 0.429. The average molecular weight is 369 g/mol. The van der Waals surface area contributed by atoms with Crippen LogP contribution in [-0.4, -0.2) is 59.6 Å². The van der Waals surface area contributed by atoms with Crippen molar-refractivity contribution in [2.24, 2.45) is 0 Å². The molecule has 0 N–H and O–H groups in total. The first kappa shape index (κ1) is 19.2.